The molecule has 0 bridgehead atoms. The standard InChI is InChI=1S/C24H24N4O3/c1-14-5-7-18(8-6-14)21-22-23(31-27-21)24(30)28(13-25-22)10-9-19(29)26-20-16(3)11-15(2)12-17(20)4/h5-8,11-13H,9-10H2,1-4H3,(H,26,29). The summed E-state index contributed by atoms with van der Waals surface area (Å²) >= 11 is 0. The molecule has 7 nitrogen and oxygen atoms in total. The third kappa shape index (κ3) is 4.12. The van der Waals surface area contributed by atoms with Crippen LogP contribution in [0.3, 0.4) is 0 Å². The van der Waals surface area contributed by atoms with Crippen LogP contribution in [0.25, 0.3) is 22.4 Å². The highest BCUT2D eigenvalue weighted by molar-refractivity contribution is 5.92. The summed E-state index contributed by atoms with van der Waals surface area (Å²) in [6, 6.07) is 11.8. The highest BCUT2D eigenvalue weighted by Crippen LogP contribution is 2.25. The van der Waals surface area contributed by atoms with Gasteiger partial charge in [0.15, 0.2) is 0 Å². The first-order valence-corrected chi connectivity index (χ1v) is 10.1. The van der Waals surface area contributed by atoms with Crippen LogP contribution in [0.15, 0.2) is 52.0 Å². The molecule has 158 valence electrons. The summed E-state index contributed by atoms with van der Waals surface area (Å²) in [7, 11) is 0. The number of hydrogen-bond acceptors (Lipinski definition) is 5. The molecule has 2 aromatic carbocycles. The number of rotatable bonds is 5. The SMILES string of the molecule is Cc1ccc(-c2noc3c(=O)n(CCC(=O)Nc4c(C)cc(C)cc4C)cnc23)cc1. The molecule has 7 heteroatoms. The number of anilines is 1. The van der Waals surface area contributed by atoms with Crippen molar-refractivity contribution in [1.82, 2.24) is 14.7 Å². The summed E-state index contributed by atoms with van der Waals surface area (Å²) < 4.78 is 6.68. The topological polar surface area (TPSA) is 90.0 Å². The molecule has 0 aliphatic heterocycles. The Morgan fingerprint density at radius 2 is 1.71 bits per heavy atom. The number of aryl methyl sites for hydroxylation is 5. The Morgan fingerprint density at radius 3 is 2.39 bits per heavy atom. The predicted octanol–water partition coefficient (Wildman–Crippen LogP) is 4.31. The molecular weight excluding hydrogens is 392 g/mol. The Kier molecular flexibility index (Phi) is 5.42. The molecule has 0 unspecified atom stereocenters. The fraction of sp³-hybridized carbons (Fsp3) is 0.250. The van der Waals surface area contributed by atoms with Crippen molar-refractivity contribution < 1.29 is 9.32 Å². The molecule has 0 aliphatic carbocycles. The second-order valence-electron chi connectivity index (χ2n) is 7.89. The largest absolute Gasteiger partial charge is 0.348 e. The molecule has 0 radical (unpaired) electrons. The van der Waals surface area contributed by atoms with Gasteiger partial charge < -0.3 is 9.84 Å². The van der Waals surface area contributed by atoms with Crippen LogP contribution in [-0.4, -0.2) is 20.6 Å². The quantitative estimate of drug-likeness (QED) is 0.523. The minimum atomic E-state index is -0.355. The minimum absolute atomic E-state index is 0.0868. The van der Waals surface area contributed by atoms with Crippen molar-refractivity contribution in [3.05, 3.63) is 75.3 Å². The van der Waals surface area contributed by atoms with Gasteiger partial charge in [0, 0.05) is 24.2 Å². The van der Waals surface area contributed by atoms with E-state index in [1.165, 1.54) is 10.9 Å². The molecule has 4 aromatic rings. The van der Waals surface area contributed by atoms with Gasteiger partial charge >= 0.3 is 0 Å². The van der Waals surface area contributed by atoms with Gasteiger partial charge in [-0.25, -0.2) is 4.98 Å². The molecule has 2 aromatic heterocycles. The van der Waals surface area contributed by atoms with E-state index < -0.39 is 0 Å². The zero-order chi connectivity index (χ0) is 22.1. The van der Waals surface area contributed by atoms with Crippen molar-refractivity contribution >= 4 is 22.7 Å². The van der Waals surface area contributed by atoms with E-state index in [2.05, 4.69) is 15.5 Å². The number of fused-ring (bicyclic) bond motifs is 1. The third-order valence-corrected chi connectivity index (χ3v) is 5.30. The van der Waals surface area contributed by atoms with E-state index in [0.29, 0.717) is 11.2 Å². The molecule has 0 saturated carbocycles. The highest BCUT2D eigenvalue weighted by Gasteiger charge is 2.17. The van der Waals surface area contributed by atoms with Crippen LogP contribution in [0.1, 0.15) is 28.7 Å². The van der Waals surface area contributed by atoms with Gasteiger partial charge in [-0.05, 0) is 38.8 Å². The normalized spacial score (nSPS) is 11.1. The first kappa shape index (κ1) is 20.5. The zero-order valence-electron chi connectivity index (χ0n) is 18.0. The molecule has 1 amide bonds. The lowest BCUT2D eigenvalue weighted by molar-refractivity contribution is -0.116. The lowest BCUT2D eigenvalue weighted by atomic mass is 10.1. The summed E-state index contributed by atoms with van der Waals surface area (Å²) in [6.45, 7) is 8.15. The maximum atomic E-state index is 12.8. The smallest absolute Gasteiger partial charge is 0.299 e. The fourth-order valence-corrected chi connectivity index (χ4v) is 3.72. The molecule has 0 aliphatic rings. The van der Waals surface area contributed by atoms with Gasteiger partial charge in [0.2, 0.25) is 5.91 Å². The average molecular weight is 416 g/mol. The van der Waals surface area contributed by atoms with Crippen molar-refractivity contribution in [3.8, 4) is 11.3 Å². The zero-order valence-corrected chi connectivity index (χ0v) is 18.0. The lowest BCUT2D eigenvalue weighted by Crippen LogP contribution is -2.23. The maximum absolute atomic E-state index is 12.8. The number of nitrogens with one attached hydrogen (secondary N) is 1. The van der Waals surface area contributed by atoms with Gasteiger partial charge in [0.1, 0.15) is 11.2 Å². The van der Waals surface area contributed by atoms with Gasteiger partial charge in [-0.3, -0.25) is 14.2 Å². The van der Waals surface area contributed by atoms with E-state index in [9.17, 15) is 9.59 Å². The van der Waals surface area contributed by atoms with E-state index in [1.807, 2.05) is 64.1 Å². The van der Waals surface area contributed by atoms with Crippen molar-refractivity contribution in [2.45, 2.75) is 40.7 Å². The van der Waals surface area contributed by atoms with Gasteiger partial charge in [0.05, 0.1) is 6.33 Å². The number of aromatic nitrogens is 3. The van der Waals surface area contributed by atoms with Crippen LogP contribution in [0.5, 0.6) is 0 Å². The van der Waals surface area contributed by atoms with Gasteiger partial charge in [-0.15, -0.1) is 0 Å². The average Bonchev–Trinajstić information content (AvgIpc) is 3.16. The van der Waals surface area contributed by atoms with Crippen LogP contribution < -0.4 is 10.9 Å². The number of carbonyl (C=O) groups excluding carboxylic acids is 1. The van der Waals surface area contributed by atoms with Crippen LogP contribution in [0, 0.1) is 27.7 Å². The molecule has 0 fully saturated rings. The van der Waals surface area contributed by atoms with Gasteiger partial charge in [0.25, 0.3) is 11.1 Å². The number of amides is 1. The summed E-state index contributed by atoms with van der Waals surface area (Å²) in [5.41, 5.74) is 6.62. The Balaban J connectivity index is 1.52. The third-order valence-electron chi connectivity index (χ3n) is 5.30. The number of nitrogens with zero attached hydrogens (tertiary/aromatic N) is 3. The van der Waals surface area contributed by atoms with Crippen LogP contribution in [-0.2, 0) is 11.3 Å². The second kappa shape index (κ2) is 8.18. The Hall–Kier alpha value is -3.74. The summed E-state index contributed by atoms with van der Waals surface area (Å²) in [5, 5.41) is 7.00. The molecule has 0 saturated heterocycles. The summed E-state index contributed by atoms with van der Waals surface area (Å²) in [6.07, 6.45) is 1.58. The van der Waals surface area contributed by atoms with Crippen LogP contribution >= 0.6 is 0 Å². The van der Waals surface area contributed by atoms with Gasteiger partial charge in [-0.1, -0.05) is 52.7 Å². The number of carbonyl (C=O) groups is 1. The Morgan fingerprint density at radius 1 is 1.03 bits per heavy atom. The maximum Gasteiger partial charge on any atom is 0.299 e. The molecule has 1 N–H and O–H groups in total. The molecule has 4 rings (SSSR count). The van der Waals surface area contributed by atoms with E-state index >= 15 is 0 Å². The molecule has 0 spiro atoms. The highest BCUT2D eigenvalue weighted by atomic mass is 16.5. The van der Waals surface area contributed by atoms with Crippen molar-refractivity contribution in [2.24, 2.45) is 0 Å². The van der Waals surface area contributed by atoms with Crippen molar-refractivity contribution in [3.63, 3.8) is 0 Å². The first-order valence-electron chi connectivity index (χ1n) is 10.1. The summed E-state index contributed by atoms with van der Waals surface area (Å²) in [4.78, 5) is 29.7. The van der Waals surface area contributed by atoms with Crippen LogP contribution in [0.4, 0.5) is 5.69 Å². The van der Waals surface area contributed by atoms with Crippen LogP contribution in [0.2, 0.25) is 0 Å². The monoisotopic (exact) mass is 416 g/mol. The fourth-order valence-electron chi connectivity index (χ4n) is 3.72. The number of benzene rings is 2. The lowest BCUT2D eigenvalue weighted by Gasteiger charge is -2.13. The number of hydrogen-bond donors (Lipinski definition) is 1. The second-order valence-corrected chi connectivity index (χ2v) is 7.89. The Labute approximate surface area is 179 Å². The molecule has 2 heterocycles. The predicted molar refractivity (Wildman–Crippen MR) is 120 cm³/mol. The summed E-state index contributed by atoms with van der Waals surface area (Å²) in [5.74, 6) is -0.167. The van der Waals surface area contributed by atoms with E-state index in [-0.39, 0.29) is 30.0 Å². The first-order chi connectivity index (χ1) is 14.8. The van der Waals surface area contributed by atoms with Gasteiger partial charge in [-0.2, -0.15) is 0 Å². The Bertz CT molecular complexity index is 1310. The van der Waals surface area contributed by atoms with E-state index in [4.69, 9.17) is 4.52 Å². The minimum Gasteiger partial charge on any atom is -0.348 e. The molecule has 31 heavy (non-hydrogen) atoms. The molecular formula is C24H24N4O3. The van der Waals surface area contributed by atoms with E-state index in [1.54, 1.807) is 0 Å². The van der Waals surface area contributed by atoms with Crippen molar-refractivity contribution in [1.29, 1.82) is 0 Å². The van der Waals surface area contributed by atoms with Crippen molar-refractivity contribution in [2.75, 3.05) is 5.32 Å². The molecule has 0 atom stereocenters. The van der Waals surface area contributed by atoms with E-state index in [0.717, 1.165) is 33.5 Å².